The van der Waals surface area contributed by atoms with Gasteiger partial charge < -0.3 is 15.1 Å². The van der Waals surface area contributed by atoms with E-state index in [4.69, 9.17) is 11.6 Å². The fourth-order valence-corrected chi connectivity index (χ4v) is 4.07. The zero-order valence-electron chi connectivity index (χ0n) is 17.7. The zero-order chi connectivity index (χ0) is 22.1. The Balaban J connectivity index is 1.94. The first-order valence-corrected chi connectivity index (χ1v) is 10.3. The molecule has 0 aromatic heterocycles. The molecule has 0 radical (unpaired) electrons. The van der Waals surface area contributed by atoms with Crippen molar-refractivity contribution in [3.05, 3.63) is 58.9 Å². The van der Waals surface area contributed by atoms with Gasteiger partial charge in [-0.05, 0) is 50.1 Å². The van der Waals surface area contributed by atoms with Crippen molar-refractivity contribution in [1.82, 2.24) is 9.80 Å². The van der Waals surface area contributed by atoms with Gasteiger partial charge in [-0.3, -0.25) is 4.79 Å². The van der Waals surface area contributed by atoms with E-state index in [-0.39, 0.29) is 11.3 Å². The van der Waals surface area contributed by atoms with Crippen LogP contribution >= 0.6 is 11.6 Å². The molecule has 0 bridgehead atoms. The highest BCUT2D eigenvalue weighted by Crippen LogP contribution is 2.37. The van der Waals surface area contributed by atoms with Crippen molar-refractivity contribution in [2.45, 2.75) is 31.3 Å². The number of nitrogens with one attached hydrogen (secondary N) is 1. The number of rotatable bonds is 9. The molecule has 7 heteroatoms. The Morgan fingerprint density at radius 1 is 1.43 bits per heavy atom. The molecule has 1 aliphatic heterocycles. The van der Waals surface area contributed by atoms with Gasteiger partial charge in [0.15, 0.2) is 12.1 Å². The third-order valence-electron chi connectivity index (χ3n) is 5.71. The van der Waals surface area contributed by atoms with Crippen molar-refractivity contribution >= 4 is 35.6 Å². The van der Waals surface area contributed by atoms with Gasteiger partial charge in [-0.15, -0.1) is 0 Å². The molecule has 0 amide bonds. The van der Waals surface area contributed by atoms with E-state index < -0.39 is 11.4 Å². The predicted octanol–water partition coefficient (Wildman–Crippen LogP) is 4.74. The van der Waals surface area contributed by atoms with Crippen LogP contribution in [0.3, 0.4) is 0 Å². The van der Waals surface area contributed by atoms with Crippen LogP contribution in [0.2, 0.25) is 0 Å². The molecule has 1 N–H and O–H groups in total. The van der Waals surface area contributed by atoms with Crippen molar-refractivity contribution in [3.8, 4) is 0 Å². The molecule has 1 aromatic rings. The summed E-state index contributed by atoms with van der Waals surface area (Å²) in [6.45, 7) is 11.0. The number of benzene rings is 1. The standard InChI is InChI=1S/C23H28ClFN4O/c1-6-20(15(2)16(3)24)23(12-28(4)13-23)27-18-9-17(11-30)22(21(25)10-18)26-14-29(5)19-7-8-19/h6,9-11,14,19,27H,1,3,7-8,12-13H2,2,4-5H3/b20-15+,26-14?. The molecule has 1 aliphatic carbocycles. The average Bonchev–Trinajstić information content (AvgIpc) is 3.51. The van der Waals surface area contributed by atoms with Crippen LogP contribution in [-0.4, -0.2) is 61.2 Å². The number of hydrogen-bond acceptors (Lipinski definition) is 4. The van der Waals surface area contributed by atoms with Crippen LogP contribution in [-0.2, 0) is 0 Å². The number of aldehydes is 1. The lowest BCUT2D eigenvalue weighted by atomic mass is 9.79. The molecule has 30 heavy (non-hydrogen) atoms. The first-order valence-electron chi connectivity index (χ1n) is 9.91. The molecule has 5 nitrogen and oxygen atoms in total. The Morgan fingerprint density at radius 2 is 2.10 bits per heavy atom. The summed E-state index contributed by atoms with van der Waals surface area (Å²) in [6, 6.07) is 3.46. The van der Waals surface area contributed by atoms with Gasteiger partial charge in [-0.25, -0.2) is 9.38 Å². The van der Waals surface area contributed by atoms with E-state index >= 15 is 0 Å². The molecule has 1 aromatic carbocycles. The van der Waals surface area contributed by atoms with Crippen LogP contribution in [0, 0.1) is 5.82 Å². The highest BCUT2D eigenvalue weighted by atomic mass is 35.5. The fourth-order valence-electron chi connectivity index (χ4n) is 3.97. The van der Waals surface area contributed by atoms with Gasteiger partial charge in [0.05, 0.1) is 11.9 Å². The summed E-state index contributed by atoms with van der Waals surface area (Å²) >= 11 is 6.14. The first kappa shape index (κ1) is 22.2. The maximum atomic E-state index is 14.9. The number of carbonyl (C=O) groups is 1. The molecule has 160 valence electrons. The molecule has 1 heterocycles. The quantitative estimate of drug-likeness (QED) is 0.266. The van der Waals surface area contributed by atoms with E-state index in [0.717, 1.165) is 24.0 Å². The van der Waals surface area contributed by atoms with Gasteiger partial charge in [0.25, 0.3) is 0 Å². The Labute approximate surface area is 182 Å². The minimum absolute atomic E-state index is 0.0487. The molecule has 1 saturated carbocycles. The van der Waals surface area contributed by atoms with Crippen molar-refractivity contribution in [2.75, 3.05) is 32.5 Å². The number of nitrogens with zero attached hydrogens (tertiary/aromatic N) is 3. The third kappa shape index (κ3) is 4.50. The fraction of sp³-hybridized carbons (Fsp3) is 0.391. The molecule has 3 rings (SSSR count). The van der Waals surface area contributed by atoms with Crippen molar-refractivity contribution in [3.63, 3.8) is 0 Å². The van der Waals surface area contributed by atoms with Gasteiger partial charge >= 0.3 is 0 Å². The number of carbonyl (C=O) groups excluding carboxylic acids is 1. The van der Waals surface area contributed by atoms with Crippen molar-refractivity contribution in [1.29, 1.82) is 0 Å². The average molecular weight is 431 g/mol. The highest BCUT2D eigenvalue weighted by Gasteiger charge is 2.44. The maximum absolute atomic E-state index is 14.9. The van der Waals surface area contributed by atoms with Crippen LogP contribution in [0.5, 0.6) is 0 Å². The second-order valence-electron chi connectivity index (χ2n) is 8.18. The number of likely N-dealkylation sites (tertiary alicyclic amines) is 1. The number of halogens is 2. The summed E-state index contributed by atoms with van der Waals surface area (Å²) in [5.41, 5.74) is 1.98. The van der Waals surface area contributed by atoms with Gasteiger partial charge in [0, 0.05) is 42.5 Å². The summed E-state index contributed by atoms with van der Waals surface area (Å²) in [5.74, 6) is -0.548. The smallest absolute Gasteiger partial charge is 0.152 e. The van der Waals surface area contributed by atoms with Gasteiger partial charge in [-0.1, -0.05) is 30.8 Å². The lowest BCUT2D eigenvalue weighted by Gasteiger charge is -2.51. The van der Waals surface area contributed by atoms with Crippen LogP contribution in [0.4, 0.5) is 15.8 Å². The second kappa shape index (κ2) is 8.74. The molecule has 1 saturated heterocycles. The van der Waals surface area contributed by atoms with E-state index in [1.54, 1.807) is 18.5 Å². The van der Waals surface area contributed by atoms with E-state index in [1.165, 1.54) is 6.07 Å². The molecule has 0 atom stereocenters. The topological polar surface area (TPSA) is 47.9 Å². The van der Waals surface area contributed by atoms with Gasteiger partial charge in [-0.2, -0.15) is 0 Å². The predicted molar refractivity (Wildman–Crippen MR) is 122 cm³/mol. The second-order valence-corrected chi connectivity index (χ2v) is 8.64. The molecule has 2 aliphatic rings. The lowest BCUT2D eigenvalue weighted by molar-refractivity contribution is 0.112. The van der Waals surface area contributed by atoms with Gasteiger partial charge in [0.2, 0.25) is 0 Å². The van der Waals surface area contributed by atoms with Crippen LogP contribution in [0.25, 0.3) is 0 Å². The van der Waals surface area contributed by atoms with Crippen LogP contribution in [0.1, 0.15) is 30.1 Å². The number of likely N-dealkylation sites (N-methyl/N-ethyl adjacent to an activating group) is 1. The number of allylic oxidation sites excluding steroid dienone is 2. The Bertz CT molecular complexity index is 929. The normalized spacial score (nSPS) is 19.1. The number of aliphatic imine (C=N–C) groups is 1. The highest BCUT2D eigenvalue weighted by molar-refractivity contribution is 6.31. The summed E-state index contributed by atoms with van der Waals surface area (Å²) < 4.78 is 14.9. The molecule has 2 fully saturated rings. The lowest BCUT2D eigenvalue weighted by Crippen LogP contribution is -2.65. The minimum Gasteiger partial charge on any atom is -0.373 e. The SMILES string of the molecule is C=C/C(=C(/C)C(=C)Cl)C1(Nc2cc(F)c(N=CN(C)C3CC3)c(C=O)c2)CN(C)C1. The van der Waals surface area contributed by atoms with Gasteiger partial charge in [0.1, 0.15) is 5.69 Å². The molecule has 0 spiro atoms. The first-order chi connectivity index (χ1) is 14.2. The zero-order valence-corrected chi connectivity index (χ0v) is 18.5. The molecule has 0 unspecified atom stereocenters. The summed E-state index contributed by atoms with van der Waals surface area (Å²) in [7, 11) is 3.90. The third-order valence-corrected chi connectivity index (χ3v) is 5.99. The summed E-state index contributed by atoms with van der Waals surface area (Å²) in [4.78, 5) is 20.0. The summed E-state index contributed by atoms with van der Waals surface area (Å²) in [5, 5.41) is 3.85. The number of hydrogen-bond donors (Lipinski definition) is 1. The van der Waals surface area contributed by atoms with Crippen LogP contribution < -0.4 is 5.32 Å². The van der Waals surface area contributed by atoms with Crippen LogP contribution in [0.15, 0.2) is 52.5 Å². The summed E-state index contributed by atoms with van der Waals surface area (Å²) in [6.07, 6.45) is 6.20. The van der Waals surface area contributed by atoms with E-state index in [9.17, 15) is 9.18 Å². The minimum atomic E-state index is -0.548. The largest absolute Gasteiger partial charge is 0.373 e. The Morgan fingerprint density at radius 3 is 2.60 bits per heavy atom. The Hall–Kier alpha value is -2.44. The van der Waals surface area contributed by atoms with Crippen molar-refractivity contribution in [2.24, 2.45) is 4.99 Å². The maximum Gasteiger partial charge on any atom is 0.152 e. The number of anilines is 1. The molecular formula is C23H28ClFN4O. The van der Waals surface area contributed by atoms with Crippen molar-refractivity contribution < 1.29 is 9.18 Å². The monoisotopic (exact) mass is 430 g/mol. The van der Waals surface area contributed by atoms with E-state index in [1.807, 2.05) is 25.9 Å². The Kier molecular flexibility index (Phi) is 6.48. The van der Waals surface area contributed by atoms with E-state index in [2.05, 4.69) is 28.4 Å². The molecular weight excluding hydrogens is 403 g/mol. The van der Waals surface area contributed by atoms with E-state index in [0.29, 0.717) is 36.1 Å².